The van der Waals surface area contributed by atoms with Crippen LogP contribution in [0.3, 0.4) is 0 Å². The predicted octanol–water partition coefficient (Wildman–Crippen LogP) is 3.77. The lowest BCUT2D eigenvalue weighted by atomic mass is 10.0. The van der Waals surface area contributed by atoms with Gasteiger partial charge in [-0.1, -0.05) is 6.07 Å². The fourth-order valence-corrected chi connectivity index (χ4v) is 3.12. The number of hydrogen-bond acceptors (Lipinski definition) is 4. The molecule has 1 aliphatic heterocycles. The highest BCUT2D eigenvalue weighted by molar-refractivity contribution is 5.79. The highest BCUT2D eigenvalue weighted by Crippen LogP contribution is 2.35. The molecule has 1 aromatic heterocycles. The Morgan fingerprint density at radius 3 is 2.47 bits per heavy atom. The minimum atomic E-state index is -4.60. The number of aromatic nitrogens is 2. The van der Waals surface area contributed by atoms with Gasteiger partial charge in [-0.3, -0.25) is 0 Å². The van der Waals surface area contributed by atoms with E-state index in [1.165, 1.54) is 0 Å². The first-order chi connectivity index (χ1) is 14.5. The summed E-state index contributed by atoms with van der Waals surface area (Å²) in [6.45, 7) is 1.63. The summed E-state index contributed by atoms with van der Waals surface area (Å²) in [5.41, 5.74) is 2.65. The van der Waals surface area contributed by atoms with Crippen LogP contribution in [-0.2, 0) is 11.3 Å². The highest BCUT2D eigenvalue weighted by Gasteiger charge is 2.57. The number of alkyl halides is 6. The van der Waals surface area contributed by atoms with Crippen molar-refractivity contribution in [3.63, 3.8) is 0 Å². The molecule has 32 heavy (non-hydrogen) atoms. The quantitative estimate of drug-likeness (QED) is 0.564. The van der Waals surface area contributed by atoms with Gasteiger partial charge in [0.25, 0.3) is 0 Å². The normalized spacial score (nSPS) is 21.3. The van der Waals surface area contributed by atoms with Crippen molar-refractivity contribution in [1.29, 1.82) is 0 Å². The number of nitrogens with zero attached hydrogens (tertiary/aromatic N) is 2. The first kappa shape index (κ1) is 24.1. The molecule has 13 heteroatoms. The highest BCUT2D eigenvalue weighted by atomic mass is 19.4. The number of rotatable bonds is 6. The third kappa shape index (κ3) is 4.63. The third-order valence-corrected chi connectivity index (χ3v) is 5.40. The second-order valence-corrected chi connectivity index (χ2v) is 8.52. The van der Waals surface area contributed by atoms with E-state index in [0.29, 0.717) is 16.6 Å². The molecule has 1 saturated heterocycles. The van der Waals surface area contributed by atoms with Crippen molar-refractivity contribution in [1.82, 2.24) is 20.2 Å². The van der Waals surface area contributed by atoms with Crippen molar-refractivity contribution in [2.24, 2.45) is 5.73 Å². The number of urea groups is 1. The van der Waals surface area contributed by atoms with Gasteiger partial charge in [0.2, 0.25) is 0 Å². The Morgan fingerprint density at radius 1 is 1.25 bits per heavy atom. The SMILES string of the molecule is CC1(C(F)(F)F)CN(Cc2ccc3[nH]c([C@@H](N)COC(C)(C)C(F)(F)F)nc3c2)C(=O)N1. The fourth-order valence-electron chi connectivity index (χ4n) is 3.12. The summed E-state index contributed by atoms with van der Waals surface area (Å²) in [6, 6.07) is 2.98. The standard InChI is InChI=1S/C19H23F6N5O2/c1-16(2,18(20,21)22)32-8-11(26)14-27-12-5-4-10(6-13(12)28-14)7-30-9-17(3,19(23,24)25)29-15(30)31/h4-6,11H,7-9,26H2,1-3H3,(H,27,28)(H,29,31)/t11-,17?/m0/s1. The first-order valence-electron chi connectivity index (χ1n) is 9.61. The van der Waals surface area contributed by atoms with Crippen molar-refractivity contribution < 1.29 is 35.9 Å². The molecule has 0 saturated carbocycles. The molecule has 7 nitrogen and oxygen atoms in total. The molecule has 0 bridgehead atoms. The maximum Gasteiger partial charge on any atom is 0.416 e. The van der Waals surface area contributed by atoms with Gasteiger partial charge in [0.1, 0.15) is 5.82 Å². The number of carbonyl (C=O) groups excluding carboxylic acids is 1. The molecule has 2 heterocycles. The number of fused-ring (bicyclic) bond motifs is 1. The van der Waals surface area contributed by atoms with Gasteiger partial charge in [0, 0.05) is 6.54 Å². The molecular weight excluding hydrogens is 444 g/mol. The molecule has 2 amide bonds. The number of imidazole rings is 1. The molecule has 3 rings (SSSR count). The van der Waals surface area contributed by atoms with Gasteiger partial charge >= 0.3 is 18.4 Å². The molecule has 2 aromatic rings. The van der Waals surface area contributed by atoms with E-state index >= 15 is 0 Å². The van der Waals surface area contributed by atoms with Crippen LogP contribution >= 0.6 is 0 Å². The Balaban J connectivity index is 1.71. The van der Waals surface area contributed by atoms with E-state index in [9.17, 15) is 31.1 Å². The smallest absolute Gasteiger partial charge is 0.364 e. The van der Waals surface area contributed by atoms with E-state index in [-0.39, 0.29) is 12.4 Å². The predicted molar refractivity (Wildman–Crippen MR) is 103 cm³/mol. The molecule has 178 valence electrons. The van der Waals surface area contributed by atoms with Crippen LogP contribution < -0.4 is 11.1 Å². The van der Waals surface area contributed by atoms with Gasteiger partial charge in [-0.15, -0.1) is 0 Å². The number of carbonyl (C=O) groups is 1. The summed E-state index contributed by atoms with van der Waals surface area (Å²) in [5.74, 6) is 0.193. The van der Waals surface area contributed by atoms with Gasteiger partial charge in [0.15, 0.2) is 11.1 Å². The van der Waals surface area contributed by atoms with E-state index < -0.39 is 48.7 Å². The average molecular weight is 467 g/mol. The number of nitrogens with two attached hydrogens (primary N) is 1. The molecular formula is C19H23F6N5O2. The molecule has 0 aliphatic carbocycles. The molecule has 0 spiro atoms. The number of nitrogens with one attached hydrogen (secondary N) is 2. The van der Waals surface area contributed by atoms with Crippen molar-refractivity contribution in [2.75, 3.05) is 13.2 Å². The second-order valence-electron chi connectivity index (χ2n) is 8.52. The lowest BCUT2D eigenvalue weighted by molar-refractivity contribution is -0.264. The van der Waals surface area contributed by atoms with Crippen LogP contribution in [0.2, 0.25) is 0 Å². The van der Waals surface area contributed by atoms with Crippen LogP contribution in [-0.4, -0.2) is 57.5 Å². The minimum absolute atomic E-state index is 0.0788. The van der Waals surface area contributed by atoms with Crippen LogP contribution in [0.1, 0.15) is 38.2 Å². The minimum Gasteiger partial charge on any atom is -0.364 e. The summed E-state index contributed by atoms with van der Waals surface area (Å²) < 4.78 is 83.2. The van der Waals surface area contributed by atoms with Gasteiger partial charge in [-0.2, -0.15) is 26.3 Å². The van der Waals surface area contributed by atoms with E-state index in [0.717, 1.165) is 25.7 Å². The van der Waals surface area contributed by atoms with Crippen LogP contribution in [0.25, 0.3) is 11.0 Å². The number of aromatic amines is 1. The number of halogens is 6. The van der Waals surface area contributed by atoms with E-state index in [1.807, 2.05) is 5.32 Å². The number of benzene rings is 1. The molecule has 1 fully saturated rings. The number of hydrogen-bond donors (Lipinski definition) is 3. The van der Waals surface area contributed by atoms with Crippen LogP contribution in [0.5, 0.6) is 0 Å². The maximum atomic E-state index is 13.2. The Bertz CT molecular complexity index is 1000. The van der Waals surface area contributed by atoms with Crippen molar-refractivity contribution in [2.45, 2.75) is 56.9 Å². The summed E-state index contributed by atoms with van der Waals surface area (Å²) in [4.78, 5) is 20.2. The molecule has 4 N–H and O–H groups in total. The number of amides is 2. The first-order valence-corrected chi connectivity index (χ1v) is 9.61. The molecule has 1 aliphatic rings. The van der Waals surface area contributed by atoms with Gasteiger partial charge < -0.3 is 25.7 Å². The van der Waals surface area contributed by atoms with Crippen LogP contribution in [0.15, 0.2) is 18.2 Å². The lowest BCUT2D eigenvalue weighted by Gasteiger charge is -2.28. The average Bonchev–Trinajstić information content (AvgIpc) is 3.19. The summed E-state index contributed by atoms with van der Waals surface area (Å²) in [7, 11) is 0. The lowest BCUT2D eigenvalue weighted by Crippen LogP contribution is -2.53. The Kier molecular flexibility index (Phi) is 5.88. The Hall–Kier alpha value is -2.54. The van der Waals surface area contributed by atoms with Gasteiger partial charge in [-0.25, -0.2) is 9.78 Å². The number of H-pyrrole nitrogens is 1. The van der Waals surface area contributed by atoms with Crippen molar-refractivity contribution in [3.05, 3.63) is 29.6 Å². The molecule has 1 aromatic carbocycles. The summed E-state index contributed by atoms with van der Waals surface area (Å²) in [5, 5.41) is 1.96. The zero-order valence-electron chi connectivity index (χ0n) is 17.5. The van der Waals surface area contributed by atoms with Crippen molar-refractivity contribution >= 4 is 17.1 Å². The van der Waals surface area contributed by atoms with Crippen molar-refractivity contribution in [3.8, 4) is 0 Å². The van der Waals surface area contributed by atoms with E-state index in [2.05, 4.69) is 9.97 Å². The zero-order valence-corrected chi connectivity index (χ0v) is 17.5. The van der Waals surface area contributed by atoms with Gasteiger partial charge in [-0.05, 0) is 38.5 Å². The summed E-state index contributed by atoms with van der Waals surface area (Å²) >= 11 is 0. The largest absolute Gasteiger partial charge is 0.416 e. The molecule has 0 radical (unpaired) electrons. The topological polar surface area (TPSA) is 96.3 Å². The monoisotopic (exact) mass is 467 g/mol. The maximum absolute atomic E-state index is 13.2. The van der Waals surface area contributed by atoms with Crippen LogP contribution in [0.4, 0.5) is 31.1 Å². The van der Waals surface area contributed by atoms with E-state index in [4.69, 9.17) is 10.5 Å². The number of ether oxygens (including phenoxy) is 1. The third-order valence-electron chi connectivity index (χ3n) is 5.40. The molecule has 2 atom stereocenters. The van der Waals surface area contributed by atoms with Crippen LogP contribution in [0, 0.1) is 0 Å². The fraction of sp³-hybridized carbons (Fsp3) is 0.579. The zero-order chi connectivity index (χ0) is 24.1. The summed E-state index contributed by atoms with van der Waals surface area (Å²) in [6.07, 6.45) is -9.17. The Labute approximate surface area is 179 Å². The molecule has 1 unspecified atom stereocenters. The second kappa shape index (κ2) is 7.80. The van der Waals surface area contributed by atoms with Gasteiger partial charge in [0.05, 0.1) is 30.2 Å². The van der Waals surface area contributed by atoms with E-state index in [1.54, 1.807) is 18.2 Å². The Morgan fingerprint density at radius 2 is 1.91 bits per heavy atom.